The first-order valence-corrected chi connectivity index (χ1v) is 9.37. The van der Waals surface area contributed by atoms with Crippen LogP contribution in [0.3, 0.4) is 0 Å². The Kier molecular flexibility index (Phi) is 6.94. The molecule has 2 aromatic carbocycles. The van der Waals surface area contributed by atoms with E-state index in [2.05, 4.69) is 21.7 Å². The maximum absolute atomic E-state index is 12.6. The molecule has 0 saturated heterocycles. The maximum atomic E-state index is 12.6. The van der Waals surface area contributed by atoms with Crippen molar-refractivity contribution < 1.29 is 19.2 Å². The number of aryl methyl sites for hydroxylation is 1. The van der Waals surface area contributed by atoms with E-state index in [1.165, 1.54) is 13.0 Å². The number of carbonyl (C=O) groups is 4. The molecule has 0 radical (unpaired) electrons. The van der Waals surface area contributed by atoms with Gasteiger partial charge in [-0.2, -0.15) is 0 Å². The molecular weight excluding hydrogens is 384 g/mol. The lowest BCUT2D eigenvalue weighted by atomic mass is 9.85. The molecule has 30 heavy (non-hydrogen) atoms. The highest BCUT2D eigenvalue weighted by atomic mass is 16.2. The van der Waals surface area contributed by atoms with Crippen molar-refractivity contribution >= 4 is 23.6 Å². The predicted molar refractivity (Wildman–Crippen MR) is 113 cm³/mol. The van der Waals surface area contributed by atoms with E-state index in [0.717, 1.165) is 11.1 Å². The van der Waals surface area contributed by atoms with Gasteiger partial charge in [0, 0.05) is 23.6 Å². The summed E-state index contributed by atoms with van der Waals surface area (Å²) in [4.78, 5) is 48.2. The van der Waals surface area contributed by atoms with Crippen LogP contribution >= 0.6 is 0 Å². The van der Waals surface area contributed by atoms with Gasteiger partial charge in [-0.15, -0.1) is 0 Å². The highest BCUT2D eigenvalue weighted by molar-refractivity contribution is 6.02. The standard InChI is InChI=1S/C22H26N4O4/c1-13-6-8-15(9-7-13)19(28)25-26-21(30)17-10-16(20(29)24-23-14(2)27)11-18(12-17)22(3,4)5/h6-12H,1-5H3,(H,23,27)(H,24,29)(H,25,28)(H,26,30). The monoisotopic (exact) mass is 410 g/mol. The van der Waals surface area contributed by atoms with Crippen molar-refractivity contribution in [2.24, 2.45) is 0 Å². The number of hydrazine groups is 2. The van der Waals surface area contributed by atoms with Crippen LogP contribution in [0.4, 0.5) is 0 Å². The molecule has 8 heteroatoms. The number of carbonyl (C=O) groups excluding carboxylic acids is 4. The lowest BCUT2D eigenvalue weighted by Gasteiger charge is -2.21. The Morgan fingerprint density at radius 1 is 0.667 bits per heavy atom. The second-order valence-corrected chi connectivity index (χ2v) is 7.96. The molecule has 0 atom stereocenters. The van der Waals surface area contributed by atoms with Crippen LogP contribution in [-0.2, 0) is 10.2 Å². The molecule has 0 aliphatic heterocycles. The molecule has 0 bridgehead atoms. The summed E-state index contributed by atoms with van der Waals surface area (Å²) in [7, 11) is 0. The summed E-state index contributed by atoms with van der Waals surface area (Å²) in [6, 6.07) is 11.6. The first kappa shape index (κ1) is 22.6. The minimum absolute atomic E-state index is 0.194. The normalized spacial score (nSPS) is 10.7. The molecule has 0 spiro atoms. The van der Waals surface area contributed by atoms with Gasteiger partial charge in [0.25, 0.3) is 17.7 Å². The minimum atomic E-state index is -0.574. The van der Waals surface area contributed by atoms with Crippen LogP contribution in [0, 0.1) is 6.92 Å². The molecule has 0 heterocycles. The number of nitrogens with one attached hydrogen (secondary N) is 4. The third kappa shape index (κ3) is 6.16. The van der Waals surface area contributed by atoms with E-state index >= 15 is 0 Å². The Balaban J connectivity index is 2.21. The van der Waals surface area contributed by atoms with Crippen LogP contribution in [0.5, 0.6) is 0 Å². The van der Waals surface area contributed by atoms with Crippen LogP contribution in [-0.4, -0.2) is 23.6 Å². The topological polar surface area (TPSA) is 116 Å². The van der Waals surface area contributed by atoms with Crippen molar-refractivity contribution in [1.29, 1.82) is 0 Å². The van der Waals surface area contributed by atoms with Gasteiger partial charge in [-0.25, -0.2) is 0 Å². The summed E-state index contributed by atoms with van der Waals surface area (Å²) in [5, 5.41) is 0. The summed E-state index contributed by atoms with van der Waals surface area (Å²) < 4.78 is 0. The zero-order chi connectivity index (χ0) is 22.5. The molecule has 158 valence electrons. The lowest BCUT2D eigenvalue weighted by Crippen LogP contribution is -2.42. The quantitative estimate of drug-likeness (QED) is 0.580. The molecule has 0 aromatic heterocycles. The van der Waals surface area contributed by atoms with Crippen LogP contribution in [0.25, 0.3) is 0 Å². The Bertz CT molecular complexity index is 976. The molecule has 0 aliphatic rings. The number of hydrogen-bond donors (Lipinski definition) is 4. The van der Waals surface area contributed by atoms with Crippen LogP contribution in [0.15, 0.2) is 42.5 Å². The molecule has 0 aliphatic carbocycles. The van der Waals surface area contributed by atoms with Crippen molar-refractivity contribution in [3.05, 3.63) is 70.3 Å². The summed E-state index contributed by atoms with van der Waals surface area (Å²) in [5.41, 5.74) is 11.4. The lowest BCUT2D eigenvalue weighted by molar-refractivity contribution is -0.119. The SMILES string of the molecule is CC(=O)NNC(=O)c1cc(C(=O)NNC(=O)c2ccc(C)cc2)cc(C(C)(C)C)c1. The average molecular weight is 410 g/mol. The highest BCUT2D eigenvalue weighted by Gasteiger charge is 2.20. The second kappa shape index (κ2) is 9.21. The number of benzene rings is 2. The fraction of sp³-hybridized carbons (Fsp3) is 0.273. The van der Waals surface area contributed by atoms with E-state index in [-0.39, 0.29) is 16.5 Å². The van der Waals surface area contributed by atoms with Crippen molar-refractivity contribution in [2.75, 3.05) is 0 Å². The van der Waals surface area contributed by atoms with Gasteiger partial charge in [0.1, 0.15) is 0 Å². The van der Waals surface area contributed by atoms with Gasteiger partial charge in [0.2, 0.25) is 5.91 Å². The summed E-state index contributed by atoms with van der Waals surface area (Å²) in [6.07, 6.45) is 0. The Morgan fingerprint density at radius 2 is 1.10 bits per heavy atom. The predicted octanol–water partition coefficient (Wildman–Crippen LogP) is 2.15. The molecule has 0 fully saturated rings. The molecule has 2 aromatic rings. The van der Waals surface area contributed by atoms with E-state index < -0.39 is 23.6 Å². The Hall–Kier alpha value is -3.68. The van der Waals surface area contributed by atoms with Crippen molar-refractivity contribution in [3.63, 3.8) is 0 Å². The van der Waals surface area contributed by atoms with Crippen LogP contribution in [0.2, 0.25) is 0 Å². The number of rotatable bonds is 3. The fourth-order valence-electron chi connectivity index (χ4n) is 2.50. The van der Waals surface area contributed by atoms with E-state index in [1.54, 1.807) is 36.4 Å². The molecule has 4 N–H and O–H groups in total. The Morgan fingerprint density at radius 3 is 1.53 bits per heavy atom. The van der Waals surface area contributed by atoms with Gasteiger partial charge in [-0.05, 0) is 48.2 Å². The molecule has 4 amide bonds. The average Bonchev–Trinajstić information content (AvgIpc) is 2.69. The highest BCUT2D eigenvalue weighted by Crippen LogP contribution is 2.24. The van der Waals surface area contributed by atoms with Gasteiger partial charge < -0.3 is 0 Å². The zero-order valence-electron chi connectivity index (χ0n) is 17.7. The molecule has 2 rings (SSSR count). The zero-order valence-corrected chi connectivity index (χ0v) is 17.7. The summed E-state index contributed by atoms with van der Waals surface area (Å²) >= 11 is 0. The van der Waals surface area contributed by atoms with E-state index in [1.807, 2.05) is 27.7 Å². The third-order valence-corrected chi connectivity index (χ3v) is 4.28. The molecular formula is C22H26N4O4. The van der Waals surface area contributed by atoms with Crippen molar-refractivity contribution in [1.82, 2.24) is 21.7 Å². The minimum Gasteiger partial charge on any atom is -0.274 e. The molecule has 0 unspecified atom stereocenters. The van der Waals surface area contributed by atoms with E-state index in [4.69, 9.17) is 0 Å². The van der Waals surface area contributed by atoms with E-state index in [9.17, 15) is 19.2 Å². The van der Waals surface area contributed by atoms with E-state index in [0.29, 0.717) is 5.56 Å². The summed E-state index contributed by atoms with van der Waals surface area (Å²) in [6.45, 7) is 9.00. The molecule has 0 saturated carbocycles. The third-order valence-electron chi connectivity index (χ3n) is 4.28. The van der Waals surface area contributed by atoms with Gasteiger partial charge in [-0.3, -0.25) is 40.9 Å². The van der Waals surface area contributed by atoms with Gasteiger partial charge in [-0.1, -0.05) is 38.5 Å². The first-order chi connectivity index (χ1) is 14.0. The fourth-order valence-corrected chi connectivity index (χ4v) is 2.50. The van der Waals surface area contributed by atoms with Crippen LogP contribution in [0.1, 0.15) is 69.9 Å². The second-order valence-electron chi connectivity index (χ2n) is 7.96. The summed E-state index contributed by atoms with van der Waals surface area (Å²) in [5.74, 6) is -2.02. The Labute approximate surface area is 175 Å². The molecule has 8 nitrogen and oxygen atoms in total. The number of amides is 4. The smallest absolute Gasteiger partial charge is 0.269 e. The maximum Gasteiger partial charge on any atom is 0.269 e. The number of hydrogen-bond acceptors (Lipinski definition) is 4. The van der Waals surface area contributed by atoms with Crippen molar-refractivity contribution in [3.8, 4) is 0 Å². The van der Waals surface area contributed by atoms with Gasteiger partial charge >= 0.3 is 0 Å². The largest absolute Gasteiger partial charge is 0.274 e. The van der Waals surface area contributed by atoms with Crippen molar-refractivity contribution in [2.45, 2.75) is 40.0 Å². The van der Waals surface area contributed by atoms with Gasteiger partial charge in [0.05, 0.1) is 0 Å². The van der Waals surface area contributed by atoms with Gasteiger partial charge in [0.15, 0.2) is 0 Å². The first-order valence-electron chi connectivity index (χ1n) is 9.37. The van der Waals surface area contributed by atoms with Crippen LogP contribution < -0.4 is 21.7 Å².